The third kappa shape index (κ3) is 1.90. The maximum atomic E-state index is 10.3. The molecule has 9 nitrogen and oxygen atoms in total. The Balaban J connectivity index is 2.06. The van der Waals surface area contributed by atoms with Gasteiger partial charge in [-0.2, -0.15) is 0 Å². The van der Waals surface area contributed by atoms with Gasteiger partial charge in [-0.05, 0) is 6.07 Å². The van der Waals surface area contributed by atoms with Crippen LogP contribution in [0.15, 0.2) is 18.6 Å². The van der Waals surface area contributed by atoms with Gasteiger partial charge in [0.05, 0.1) is 12.0 Å². The van der Waals surface area contributed by atoms with Gasteiger partial charge >= 0.3 is 0 Å². The minimum Gasteiger partial charge on any atom is -0.393 e. The van der Waals surface area contributed by atoms with E-state index < -0.39 is 30.8 Å². The fourth-order valence-corrected chi connectivity index (χ4v) is 2.57. The molecule has 0 bridgehead atoms. The smallest absolute Gasteiger partial charge is 0.225 e. The number of nitrogens with zero attached hydrogens (tertiary/aromatic N) is 3. The second-order valence-corrected chi connectivity index (χ2v) is 4.82. The van der Waals surface area contributed by atoms with Crippen molar-refractivity contribution in [2.75, 3.05) is 19.5 Å². The van der Waals surface area contributed by atoms with Crippen molar-refractivity contribution in [3.8, 4) is 0 Å². The summed E-state index contributed by atoms with van der Waals surface area (Å²) in [6.07, 6.45) is -0.564. The molecule has 21 heavy (non-hydrogen) atoms. The zero-order valence-electron chi connectivity index (χ0n) is 11.2. The number of hydrogen-bond donors (Lipinski definition) is 4. The molecular weight excluding hydrogens is 280 g/mol. The molecule has 0 radical (unpaired) electrons. The lowest BCUT2D eigenvalue weighted by molar-refractivity contribution is -0.252. The van der Waals surface area contributed by atoms with E-state index in [-0.39, 0.29) is 0 Å². The van der Waals surface area contributed by atoms with Crippen LogP contribution >= 0.6 is 0 Å². The van der Waals surface area contributed by atoms with Gasteiger partial charge in [-0.15, -0.1) is 0 Å². The first kappa shape index (κ1) is 14.2. The highest BCUT2D eigenvalue weighted by Gasteiger charge is 2.56. The van der Waals surface area contributed by atoms with Crippen LogP contribution in [-0.4, -0.2) is 61.6 Å². The van der Waals surface area contributed by atoms with Crippen LogP contribution in [-0.2, 0) is 9.47 Å². The molecule has 0 spiro atoms. The highest BCUT2D eigenvalue weighted by Crippen LogP contribution is 2.39. The third-order valence-corrected chi connectivity index (χ3v) is 3.77. The second kappa shape index (κ2) is 4.90. The molecule has 3 rings (SSSR count). The summed E-state index contributed by atoms with van der Waals surface area (Å²) in [5.74, 6) is -1.71. The Bertz CT molecular complexity index is 662. The van der Waals surface area contributed by atoms with E-state index in [9.17, 15) is 15.3 Å². The summed E-state index contributed by atoms with van der Waals surface area (Å²) in [6.45, 7) is -0.506. The van der Waals surface area contributed by atoms with Crippen molar-refractivity contribution >= 4 is 16.9 Å². The molecule has 5 N–H and O–H groups in total. The number of nitrogens with two attached hydrogens (primary N) is 1. The van der Waals surface area contributed by atoms with E-state index in [1.165, 1.54) is 18.0 Å². The quantitative estimate of drug-likeness (QED) is 0.508. The van der Waals surface area contributed by atoms with E-state index in [2.05, 4.69) is 9.97 Å². The highest BCUT2D eigenvalue weighted by atomic mass is 16.7. The van der Waals surface area contributed by atoms with Gasteiger partial charge in [0, 0.05) is 13.3 Å². The summed E-state index contributed by atoms with van der Waals surface area (Å²) in [5.41, 5.74) is 6.20. The van der Waals surface area contributed by atoms with Crippen LogP contribution < -0.4 is 5.73 Å². The van der Waals surface area contributed by atoms with Gasteiger partial charge < -0.3 is 35.1 Å². The van der Waals surface area contributed by atoms with Crippen molar-refractivity contribution in [3.63, 3.8) is 0 Å². The van der Waals surface area contributed by atoms with Crippen LogP contribution in [0.1, 0.15) is 6.23 Å². The van der Waals surface area contributed by atoms with Crippen LogP contribution in [0.4, 0.5) is 5.82 Å². The average Bonchev–Trinajstić information content (AvgIpc) is 3.01. The number of rotatable bonds is 3. The third-order valence-electron chi connectivity index (χ3n) is 3.77. The Morgan fingerprint density at radius 3 is 2.90 bits per heavy atom. The molecule has 1 fully saturated rings. The van der Waals surface area contributed by atoms with Crippen molar-refractivity contribution in [2.24, 2.45) is 0 Å². The lowest BCUT2D eigenvalue weighted by Crippen LogP contribution is -2.50. The van der Waals surface area contributed by atoms with Gasteiger partial charge in [-0.3, -0.25) is 0 Å². The molecule has 0 aliphatic carbocycles. The monoisotopic (exact) mass is 296 g/mol. The van der Waals surface area contributed by atoms with Crippen LogP contribution in [0, 0.1) is 0 Å². The second-order valence-electron chi connectivity index (χ2n) is 4.82. The zero-order chi connectivity index (χ0) is 15.2. The topological polar surface area (TPSA) is 136 Å². The predicted octanol–water partition coefficient (Wildman–Crippen LogP) is -1.40. The van der Waals surface area contributed by atoms with E-state index in [0.29, 0.717) is 16.9 Å². The normalized spacial score (nSPS) is 32.9. The number of ether oxygens (including phenoxy) is 2. The Kier molecular flexibility index (Phi) is 3.30. The summed E-state index contributed by atoms with van der Waals surface area (Å²) in [4.78, 5) is 7.98. The molecule has 1 aliphatic heterocycles. The van der Waals surface area contributed by atoms with Crippen LogP contribution in [0.3, 0.4) is 0 Å². The Morgan fingerprint density at radius 2 is 2.29 bits per heavy atom. The fraction of sp³-hybridized carbons (Fsp3) is 0.500. The molecule has 114 valence electrons. The van der Waals surface area contributed by atoms with E-state index in [4.69, 9.17) is 15.2 Å². The number of aromatic nitrogens is 3. The molecule has 4 atom stereocenters. The Hall–Kier alpha value is -1.78. The Labute approximate surface area is 119 Å². The van der Waals surface area contributed by atoms with Gasteiger partial charge in [-0.25, -0.2) is 9.97 Å². The lowest BCUT2D eigenvalue weighted by atomic mass is 10.1. The highest BCUT2D eigenvalue weighted by molar-refractivity contribution is 5.86. The summed E-state index contributed by atoms with van der Waals surface area (Å²) in [7, 11) is 1.23. The van der Waals surface area contributed by atoms with E-state index in [1.807, 2.05) is 0 Å². The predicted molar refractivity (Wildman–Crippen MR) is 70.9 cm³/mol. The van der Waals surface area contributed by atoms with Gasteiger partial charge in [0.25, 0.3) is 0 Å². The summed E-state index contributed by atoms with van der Waals surface area (Å²) in [6, 6.07) is 1.68. The summed E-state index contributed by atoms with van der Waals surface area (Å²) in [5, 5.41) is 30.5. The van der Waals surface area contributed by atoms with Crippen molar-refractivity contribution in [1.82, 2.24) is 14.5 Å². The number of fused-ring (bicyclic) bond motifs is 1. The van der Waals surface area contributed by atoms with E-state index in [1.54, 1.807) is 12.3 Å². The lowest BCUT2D eigenvalue weighted by Gasteiger charge is -2.28. The molecule has 1 unspecified atom stereocenters. The number of aliphatic hydroxyl groups is 3. The Morgan fingerprint density at radius 1 is 1.52 bits per heavy atom. The van der Waals surface area contributed by atoms with Crippen LogP contribution in [0.5, 0.6) is 0 Å². The minimum absolute atomic E-state index is 0.298. The number of methoxy groups -OCH3 is 1. The molecule has 2 aromatic rings. The standard InChI is InChI=1S/C12H16N4O5/c1-20-12(19)7(4-17)21-11(8(12)18)16-3-2-6-9(13)14-5-15-10(6)16/h2-3,5,7-8,11,17-19H,4H2,1H3,(H2,13,14,15)/t7-,8+,11?,12-/m1/s1. The number of aliphatic hydroxyl groups excluding tert-OH is 2. The summed E-state index contributed by atoms with van der Waals surface area (Å²) >= 11 is 0. The molecule has 0 amide bonds. The first-order valence-electron chi connectivity index (χ1n) is 6.32. The molecule has 1 aliphatic rings. The number of nitrogen functional groups attached to an aromatic ring is 1. The molecule has 3 heterocycles. The summed E-state index contributed by atoms with van der Waals surface area (Å²) < 4.78 is 11.9. The molecule has 9 heteroatoms. The van der Waals surface area contributed by atoms with E-state index in [0.717, 1.165) is 0 Å². The first-order chi connectivity index (χ1) is 10.0. The van der Waals surface area contributed by atoms with Gasteiger partial charge in [0.2, 0.25) is 5.79 Å². The zero-order valence-corrected chi connectivity index (χ0v) is 11.2. The molecule has 2 aromatic heterocycles. The number of hydrogen-bond acceptors (Lipinski definition) is 8. The van der Waals surface area contributed by atoms with Crippen molar-refractivity contribution in [3.05, 3.63) is 18.6 Å². The maximum absolute atomic E-state index is 10.3. The average molecular weight is 296 g/mol. The molecular formula is C12H16N4O5. The van der Waals surface area contributed by atoms with Gasteiger partial charge in [0.15, 0.2) is 12.3 Å². The fourth-order valence-electron chi connectivity index (χ4n) is 2.57. The van der Waals surface area contributed by atoms with Gasteiger partial charge in [-0.1, -0.05) is 0 Å². The van der Waals surface area contributed by atoms with Crippen molar-refractivity contribution in [1.29, 1.82) is 0 Å². The largest absolute Gasteiger partial charge is 0.393 e. The van der Waals surface area contributed by atoms with Gasteiger partial charge in [0.1, 0.15) is 23.9 Å². The van der Waals surface area contributed by atoms with Crippen LogP contribution in [0.2, 0.25) is 0 Å². The first-order valence-corrected chi connectivity index (χ1v) is 6.32. The van der Waals surface area contributed by atoms with Crippen molar-refractivity contribution < 1.29 is 24.8 Å². The minimum atomic E-state index is -2.01. The molecule has 1 saturated heterocycles. The van der Waals surface area contributed by atoms with E-state index >= 15 is 0 Å². The SMILES string of the molecule is CO[C@]1(O)[C@@H](CO)OC(n2ccc3c(N)ncnc32)[C@@H]1O. The maximum Gasteiger partial charge on any atom is 0.225 e. The van der Waals surface area contributed by atoms with Crippen molar-refractivity contribution in [2.45, 2.75) is 24.2 Å². The van der Waals surface area contributed by atoms with Crippen LogP contribution in [0.25, 0.3) is 11.0 Å². The number of anilines is 1. The molecule has 0 aromatic carbocycles. The molecule has 0 saturated carbocycles.